The smallest absolute Gasteiger partial charge is 0.240 e. The molecule has 1 aliphatic heterocycles. The molecule has 1 aliphatic rings. The topological polar surface area (TPSA) is 45.7 Å². The first-order valence-corrected chi connectivity index (χ1v) is 10.3. The Bertz CT molecular complexity index is 989. The molecular formula is C25H27N3O2. The molecule has 5 heteroatoms. The standard InChI is InChI=1S/C25H27N3O2/c1-27-14-15-28(18-19-10-12-26-13-11-19)24(25(27)29)17-20-4-3-5-22(16-20)21-6-8-23(30-2)9-7-21/h3-13,16,24H,14-15,17-18H2,1-2H3/t24-/m1/s1. The van der Waals surface area contributed by atoms with Crippen molar-refractivity contribution in [2.75, 3.05) is 27.2 Å². The SMILES string of the molecule is COc1ccc(-c2cccc(C[C@@H]3C(=O)N(C)CCN3Cc3ccncc3)c2)cc1. The maximum Gasteiger partial charge on any atom is 0.240 e. The van der Waals surface area contributed by atoms with E-state index in [-0.39, 0.29) is 11.9 Å². The molecule has 154 valence electrons. The molecule has 0 radical (unpaired) electrons. The fraction of sp³-hybridized carbons (Fsp3) is 0.280. The lowest BCUT2D eigenvalue weighted by atomic mass is 9.97. The maximum absolute atomic E-state index is 13.0. The number of pyridine rings is 1. The molecule has 1 amide bonds. The van der Waals surface area contributed by atoms with Crippen molar-refractivity contribution in [2.24, 2.45) is 0 Å². The molecule has 1 atom stereocenters. The van der Waals surface area contributed by atoms with Gasteiger partial charge in [0.15, 0.2) is 0 Å². The van der Waals surface area contributed by atoms with Crippen molar-refractivity contribution < 1.29 is 9.53 Å². The van der Waals surface area contributed by atoms with Crippen molar-refractivity contribution in [3.63, 3.8) is 0 Å². The molecule has 0 spiro atoms. The number of benzene rings is 2. The second kappa shape index (κ2) is 9.09. The fourth-order valence-corrected chi connectivity index (χ4v) is 3.97. The van der Waals surface area contributed by atoms with E-state index in [0.717, 1.165) is 42.1 Å². The van der Waals surface area contributed by atoms with E-state index in [2.05, 4.69) is 46.3 Å². The van der Waals surface area contributed by atoms with Crippen LogP contribution in [0.3, 0.4) is 0 Å². The predicted octanol–water partition coefficient (Wildman–Crippen LogP) is 3.64. The van der Waals surface area contributed by atoms with Crippen molar-refractivity contribution in [1.82, 2.24) is 14.8 Å². The summed E-state index contributed by atoms with van der Waals surface area (Å²) in [6.07, 6.45) is 4.30. The highest BCUT2D eigenvalue weighted by molar-refractivity contribution is 5.83. The third-order valence-electron chi connectivity index (χ3n) is 5.74. The summed E-state index contributed by atoms with van der Waals surface area (Å²) in [6.45, 7) is 2.38. The van der Waals surface area contributed by atoms with Gasteiger partial charge < -0.3 is 9.64 Å². The molecule has 1 fully saturated rings. The van der Waals surface area contributed by atoms with Gasteiger partial charge >= 0.3 is 0 Å². The fourth-order valence-electron chi connectivity index (χ4n) is 3.97. The minimum absolute atomic E-state index is 0.164. The van der Waals surface area contributed by atoms with Gasteiger partial charge in [0.25, 0.3) is 0 Å². The Hall–Kier alpha value is -3.18. The van der Waals surface area contributed by atoms with E-state index in [1.54, 1.807) is 19.5 Å². The van der Waals surface area contributed by atoms with E-state index in [9.17, 15) is 4.79 Å². The number of piperazine rings is 1. The lowest BCUT2D eigenvalue weighted by Crippen LogP contribution is -2.56. The third-order valence-corrected chi connectivity index (χ3v) is 5.74. The Labute approximate surface area is 177 Å². The number of carbonyl (C=O) groups is 1. The monoisotopic (exact) mass is 401 g/mol. The summed E-state index contributed by atoms with van der Waals surface area (Å²) in [5, 5.41) is 0. The molecule has 2 heterocycles. The number of ether oxygens (including phenoxy) is 1. The van der Waals surface area contributed by atoms with Crippen LogP contribution in [0.4, 0.5) is 0 Å². The number of likely N-dealkylation sites (N-methyl/N-ethyl adjacent to an activating group) is 1. The third kappa shape index (κ3) is 4.52. The minimum Gasteiger partial charge on any atom is -0.497 e. The molecule has 4 rings (SSSR count). The van der Waals surface area contributed by atoms with Gasteiger partial charge in [0.05, 0.1) is 13.2 Å². The molecule has 0 unspecified atom stereocenters. The molecule has 0 N–H and O–H groups in total. The van der Waals surface area contributed by atoms with Crippen LogP contribution >= 0.6 is 0 Å². The number of aromatic nitrogens is 1. The Balaban J connectivity index is 1.56. The van der Waals surface area contributed by atoms with Gasteiger partial charge in [0.2, 0.25) is 5.91 Å². The van der Waals surface area contributed by atoms with Gasteiger partial charge in [-0.15, -0.1) is 0 Å². The molecule has 1 saturated heterocycles. The van der Waals surface area contributed by atoms with Crippen molar-refractivity contribution in [1.29, 1.82) is 0 Å². The number of carbonyl (C=O) groups excluding carboxylic acids is 1. The van der Waals surface area contributed by atoms with Gasteiger partial charge in [-0.05, 0) is 52.9 Å². The Morgan fingerprint density at radius 2 is 1.73 bits per heavy atom. The first-order valence-electron chi connectivity index (χ1n) is 10.3. The van der Waals surface area contributed by atoms with Gasteiger partial charge in [0, 0.05) is 39.1 Å². The highest BCUT2D eigenvalue weighted by atomic mass is 16.5. The first kappa shape index (κ1) is 20.1. The van der Waals surface area contributed by atoms with Crippen LogP contribution in [0.25, 0.3) is 11.1 Å². The normalized spacial score (nSPS) is 17.2. The van der Waals surface area contributed by atoms with E-state index in [4.69, 9.17) is 4.74 Å². The summed E-state index contributed by atoms with van der Waals surface area (Å²) in [6, 6.07) is 20.4. The second-order valence-corrected chi connectivity index (χ2v) is 7.73. The van der Waals surface area contributed by atoms with E-state index in [1.807, 2.05) is 36.2 Å². The first-order chi connectivity index (χ1) is 14.6. The van der Waals surface area contributed by atoms with Crippen molar-refractivity contribution >= 4 is 5.91 Å². The summed E-state index contributed by atoms with van der Waals surface area (Å²) in [5.74, 6) is 1.03. The van der Waals surface area contributed by atoms with Gasteiger partial charge in [0.1, 0.15) is 5.75 Å². The molecule has 0 saturated carbocycles. The summed E-state index contributed by atoms with van der Waals surface area (Å²) < 4.78 is 5.26. The lowest BCUT2D eigenvalue weighted by molar-refractivity contribution is -0.140. The molecule has 2 aromatic carbocycles. The van der Waals surface area contributed by atoms with Crippen LogP contribution in [0, 0.1) is 0 Å². The molecule has 0 aliphatic carbocycles. The summed E-state index contributed by atoms with van der Waals surface area (Å²) in [5.41, 5.74) is 4.63. The van der Waals surface area contributed by atoms with Crippen molar-refractivity contribution in [3.8, 4) is 16.9 Å². The zero-order valence-corrected chi connectivity index (χ0v) is 17.5. The lowest BCUT2D eigenvalue weighted by Gasteiger charge is -2.39. The van der Waals surface area contributed by atoms with E-state index in [0.29, 0.717) is 6.42 Å². The van der Waals surface area contributed by atoms with Crippen LogP contribution in [-0.4, -0.2) is 54.0 Å². The van der Waals surface area contributed by atoms with E-state index in [1.165, 1.54) is 5.56 Å². The van der Waals surface area contributed by atoms with E-state index >= 15 is 0 Å². The average Bonchev–Trinajstić information content (AvgIpc) is 2.80. The Kier molecular flexibility index (Phi) is 6.10. The van der Waals surface area contributed by atoms with E-state index < -0.39 is 0 Å². The van der Waals surface area contributed by atoms with Gasteiger partial charge in [-0.2, -0.15) is 0 Å². The molecule has 3 aromatic rings. The number of hydrogen-bond donors (Lipinski definition) is 0. The maximum atomic E-state index is 13.0. The number of methoxy groups -OCH3 is 1. The predicted molar refractivity (Wildman–Crippen MR) is 118 cm³/mol. The van der Waals surface area contributed by atoms with Gasteiger partial charge in [-0.1, -0.05) is 36.4 Å². The van der Waals surface area contributed by atoms with Crippen LogP contribution in [0.15, 0.2) is 73.1 Å². The Morgan fingerprint density at radius 3 is 2.47 bits per heavy atom. The van der Waals surface area contributed by atoms with Crippen molar-refractivity contribution in [2.45, 2.75) is 19.0 Å². The highest BCUT2D eigenvalue weighted by Gasteiger charge is 2.33. The summed E-state index contributed by atoms with van der Waals surface area (Å²) in [7, 11) is 3.57. The van der Waals surface area contributed by atoms with Crippen LogP contribution < -0.4 is 4.74 Å². The molecule has 1 aromatic heterocycles. The quantitative estimate of drug-likeness (QED) is 0.633. The molecular weight excluding hydrogens is 374 g/mol. The largest absolute Gasteiger partial charge is 0.497 e. The minimum atomic E-state index is -0.164. The van der Waals surface area contributed by atoms with Crippen LogP contribution in [-0.2, 0) is 17.8 Å². The zero-order chi connectivity index (χ0) is 20.9. The molecule has 0 bridgehead atoms. The molecule has 5 nitrogen and oxygen atoms in total. The van der Waals surface area contributed by atoms with Crippen LogP contribution in [0.2, 0.25) is 0 Å². The van der Waals surface area contributed by atoms with Gasteiger partial charge in [-0.3, -0.25) is 14.7 Å². The molecule has 30 heavy (non-hydrogen) atoms. The average molecular weight is 402 g/mol. The number of rotatable bonds is 6. The van der Waals surface area contributed by atoms with Crippen molar-refractivity contribution in [3.05, 3.63) is 84.2 Å². The second-order valence-electron chi connectivity index (χ2n) is 7.73. The zero-order valence-electron chi connectivity index (χ0n) is 17.5. The van der Waals surface area contributed by atoms with Gasteiger partial charge in [-0.25, -0.2) is 0 Å². The number of nitrogens with zero attached hydrogens (tertiary/aromatic N) is 3. The van der Waals surface area contributed by atoms with Crippen LogP contribution in [0.5, 0.6) is 5.75 Å². The Morgan fingerprint density at radius 1 is 0.967 bits per heavy atom. The highest BCUT2D eigenvalue weighted by Crippen LogP contribution is 2.25. The number of hydrogen-bond acceptors (Lipinski definition) is 4. The summed E-state index contributed by atoms with van der Waals surface area (Å²) in [4.78, 5) is 21.3. The summed E-state index contributed by atoms with van der Waals surface area (Å²) >= 11 is 0. The van der Waals surface area contributed by atoms with Crippen LogP contribution in [0.1, 0.15) is 11.1 Å². The number of amides is 1.